The second kappa shape index (κ2) is 5.36. The number of nitrogens with two attached hydrogens (primary N) is 1. The summed E-state index contributed by atoms with van der Waals surface area (Å²) in [5.41, 5.74) is 6.38. The molecular formula is C10H14N2O2. The lowest BCUT2D eigenvalue weighted by Crippen LogP contribution is -2.41. The Morgan fingerprint density at radius 1 is 1.50 bits per heavy atom. The number of hydrogen-bond acceptors (Lipinski definition) is 3. The summed E-state index contributed by atoms with van der Waals surface area (Å²) in [6.45, 7) is 0.469. The normalized spacial score (nSPS) is 12.1. The molecule has 0 heterocycles. The van der Waals surface area contributed by atoms with Crippen LogP contribution in [0.15, 0.2) is 30.3 Å². The van der Waals surface area contributed by atoms with Crippen molar-refractivity contribution in [2.24, 2.45) is 5.73 Å². The van der Waals surface area contributed by atoms with Crippen molar-refractivity contribution in [2.75, 3.05) is 7.11 Å². The highest BCUT2D eigenvalue weighted by atomic mass is 16.5. The van der Waals surface area contributed by atoms with Gasteiger partial charge in [0.2, 0.25) is 0 Å². The molecule has 3 N–H and O–H groups in total. The van der Waals surface area contributed by atoms with Crippen molar-refractivity contribution in [3.8, 4) is 0 Å². The topological polar surface area (TPSA) is 64.3 Å². The van der Waals surface area contributed by atoms with Gasteiger partial charge in [0.25, 0.3) is 5.91 Å². The minimum atomic E-state index is -0.890. The fourth-order valence-electron chi connectivity index (χ4n) is 0.993. The summed E-state index contributed by atoms with van der Waals surface area (Å²) >= 11 is 0. The van der Waals surface area contributed by atoms with Gasteiger partial charge in [-0.15, -0.1) is 0 Å². The van der Waals surface area contributed by atoms with Crippen LogP contribution in [0.4, 0.5) is 0 Å². The van der Waals surface area contributed by atoms with Crippen LogP contribution in [-0.2, 0) is 16.1 Å². The van der Waals surface area contributed by atoms with Crippen LogP contribution in [0.5, 0.6) is 0 Å². The molecule has 4 heteroatoms. The minimum Gasteiger partial charge on any atom is -0.357 e. The number of ether oxygens (including phenoxy) is 1. The van der Waals surface area contributed by atoms with Crippen molar-refractivity contribution in [1.29, 1.82) is 0 Å². The third-order valence-electron chi connectivity index (χ3n) is 1.82. The fourth-order valence-corrected chi connectivity index (χ4v) is 0.993. The lowest BCUT2D eigenvalue weighted by Gasteiger charge is -2.09. The number of rotatable bonds is 4. The summed E-state index contributed by atoms with van der Waals surface area (Å²) in [5.74, 6) is -0.309. The van der Waals surface area contributed by atoms with Gasteiger partial charge >= 0.3 is 0 Å². The maximum absolute atomic E-state index is 11.2. The van der Waals surface area contributed by atoms with Crippen molar-refractivity contribution < 1.29 is 9.53 Å². The van der Waals surface area contributed by atoms with Crippen LogP contribution < -0.4 is 11.1 Å². The van der Waals surface area contributed by atoms with Crippen molar-refractivity contribution in [3.05, 3.63) is 35.9 Å². The van der Waals surface area contributed by atoms with E-state index in [-0.39, 0.29) is 5.91 Å². The van der Waals surface area contributed by atoms with Crippen LogP contribution in [0, 0.1) is 0 Å². The first kappa shape index (κ1) is 10.7. The Bertz CT molecular complexity index is 287. The smallest absolute Gasteiger partial charge is 0.264 e. The second-order valence-corrected chi connectivity index (χ2v) is 2.86. The van der Waals surface area contributed by atoms with Gasteiger partial charge in [-0.2, -0.15) is 0 Å². The highest BCUT2D eigenvalue weighted by Gasteiger charge is 2.10. The van der Waals surface area contributed by atoms with E-state index in [4.69, 9.17) is 5.73 Å². The van der Waals surface area contributed by atoms with Gasteiger partial charge in [-0.25, -0.2) is 0 Å². The summed E-state index contributed by atoms with van der Waals surface area (Å²) in [4.78, 5) is 11.2. The molecule has 0 aliphatic carbocycles. The molecule has 0 fully saturated rings. The molecule has 0 radical (unpaired) electrons. The first-order valence-corrected chi connectivity index (χ1v) is 4.34. The molecule has 0 aliphatic heterocycles. The molecular weight excluding hydrogens is 180 g/mol. The molecule has 0 aliphatic rings. The number of carbonyl (C=O) groups is 1. The van der Waals surface area contributed by atoms with Crippen LogP contribution in [-0.4, -0.2) is 19.2 Å². The third kappa shape index (κ3) is 3.16. The highest BCUT2D eigenvalue weighted by molar-refractivity contribution is 5.79. The average Bonchev–Trinajstić information content (AvgIpc) is 2.26. The summed E-state index contributed by atoms with van der Waals surface area (Å²) in [6, 6.07) is 9.61. The van der Waals surface area contributed by atoms with Crippen LogP contribution in [0.2, 0.25) is 0 Å². The molecule has 1 aromatic rings. The molecule has 0 bridgehead atoms. The lowest BCUT2D eigenvalue weighted by atomic mass is 10.2. The van der Waals surface area contributed by atoms with E-state index in [1.807, 2.05) is 30.3 Å². The van der Waals surface area contributed by atoms with E-state index in [0.29, 0.717) is 6.54 Å². The largest absolute Gasteiger partial charge is 0.357 e. The van der Waals surface area contributed by atoms with Gasteiger partial charge in [0, 0.05) is 13.7 Å². The first-order chi connectivity index (χ1) is 6.74. The van der Waals surface area contributed by atoms with E-state index in [2.05, 4.69) is 10.1 Å². The van der Waals surface area contributed by atoms with Crippen LogP contribution in [0.3, 0.4) is 0 Å². The predicted octanol–water partition coefficient (Wildman–Crippen LogP) is 0.234. The van der Waals surface area contributed by atoms with E-state index < -0.39 is 6.23 Å². The van der Waals surface area contributed by atoms with Gasteiger partial charge in [0.15, 0.2) is 6.23 Å². The summed E-state index contributed by atoms with van der Waals surface area (Å²) in [5, 5.41) is 2.66. The van der Waals surface area contributed by atoms with Crippen molar-refractivity contribution in [1.82, 2.24) is 5.32 Å². The summed E-state index contributed by atoms with van der Waals surface area (Å²) in [7, 11) is 1.40. The maximum atomic E-state index is 11.2. The molecule has 1 amide bonds. The SMILES string of the molecule is COC(N)C(=O)NCc1ccccc1. The fraction of sp³-hybridized carbons (Fsp3) is 0.300. The monoisotopic (exact) mass is 194 g/mol. The van der Waals surface area contributed by atoms with Crippen LogP contribution in [0.1, 0.15) is 5.56 Å². The van der Waals surface area contributed by atoms with Gasteiger partial charge in [0.1, 0.15) is 0 Å². The van der Waals surface area contributed by atoms with Crippen molar-refractivity contribution >= 4 is 5.91 Å². The summed E-state index contributed by atoms with van der Waals surface area (Å²) < 4.78 is 4.67. The summed E-state index contributed by atoms with van der Waals surface area (Å²) in [6.07, 6.45) is -0.890. The van der Waals surface area contributed by atoms with Gasteiger partial charge in [-0.05, 0) is 5.56 Å². The number of methoxy groups -OCH3 is 1. The molecule has 0 saturated heterocycles. The maximum Gasteiger partial charge on any atom is 0.264 e. The Balaban J connectivity index is 2.38. The Labute approximate surface area is 83.1 Å². The molecule has 1 aromatic carbocycles. The zero-order valence-electron chi connectivity index (χ0n) is 8.07. The van der Waals surface area contributed by atoms with Gasteiger partial charge in [-0.3, -0.25) is 10.5 Å². The average molecular weight is 194 g/mol. The van der Waals surface area contributed by atoms with E-state index in [1.165, 1.54) is 7.11 Å². The molecule has 0 spiro atoms. The van der Waals surface area contributed by atoms with Gasteiger partial charge in [-0.1, -0.05) is 30.3 Å². The Morgan fingerprint density at radius 3 is 2.71 bits per heavy atom. The zero-order valence-corrected chi connectivity index (χ0v) is 8.07. The van der Waals surface area contributed by atoms with Crippen molar-refractivity contribution in [3.63, 3.8) is 0 Å². The molecule has 1 unspecified atom stereocenters. The molecule has 0 aromatic heterocycles. The standard InChI is InChI=1S/C10H14N2O2/c1-14-9(11)10(13)12-7-8-5-3-2-4-6-8/h2-6,9H,7,11H2,1H3,(H,12,13). The first-order valence-electron chi connectivity index (χ1n) is 4.34. The molecule has 0 saturated carbocycles. The van der Waals surface area contributed by atoms with E-state index in [1.54, 1.807) is 0 Å². The number of hydrogen-bond donors (Lipinski definition) is 2. The molecule has 4 nitrogen and oxygen atoms in total. The Kier molecular flexibility index (Phi) is 4.10. The van der Waals surface area contributed by atoms with E-state index in [9.17, 15) is 4.79 Å². The van der Waals surface area contributed by atoms with Gasteiger partial charge in [0.05, 0.1) is 0 Å². The zero-order chi connectivity index (χ0) is 10.4. The predicted molar refractivity (Wildman–Crippen MR) is 53.3 cm³/mol. The van der Waals surface area contributed by atoms with Crippen LogP contribution in [0.25, 0.3) is 0 Å². The second-order valence-electron chi connectivity index (χ2n) is 2.86. The third-order valence-corrected chi connectivity index (χ3v) is 1.82. The molecule has 1 atom stereocenters. The molecule has 1 rings (SSSR count). The number of benzene rings is 1. The van der Waals surface area contributed by atoms with E-state index >= 15 is 0 Å². The quantitative estimate of drug-likeness (QED) is 0.674. The Morgan fingerprint density at radius 2 is 2.14 bits per heavy atom. The number of amides is 1. The Hall–Kier alpha value is -1.39. The number of nitrogens with one attached hydrogen (secondary N) is 1. The van der Waals surface area contributed by atoms with Crippen LogP contribution >= 0.6 is 0 Å². The molecule has 14 heavy (non-hydrogen) atoms. The number of carbonyl (C=O) groups excluding carboxylic acids is 1. The highest BCUT2D eigenvalue weighted by Crippen LogP contribution is 1.97. The molecule has 76 valence electrons. The minimum absolute atomic E-state index is 0.309. The van der Waals surface area contributed by atoms with E-state index in [0.717, 1.165) is 5.56 Å². The lowest BCUT2D eigenvalue weighted by molar-refractivity contribution is -0.130. The van der Waals surface area contributed by atoms with Crippen molar-refractivity contribution in [2.45, 2.75) is 12.8 Å². The van der Waals surface area contributed by atoms with Gasteiger partial charge < -0.3 is 10.1 Å².